The van der Waals surface area contributed by atoms with Crippen molar-refractivity contribution < 1.29 is 4.74 Å². The average Bonchev–Trinajstić information content (AvgIpc) is 2.14. The van der Waals surface area contributed by atoms with Crippen molar-refractivity contribution >= 4 is 5.84 Å². The van der Waals surface area contributed by atoms with Crippen LogP contribution in [0.15, 0.2) is 29.3 Å². The van der Waals surface area contributed by atoms with Gasteiger partial charge in [-0.15, -0.1) is 0 Å². The molecule has 0 aromatic heterocycles. The highest BCUT2D eigenvalue weighted by Gasteiger charge is 1.94. The Bertz CT molecular complexity index is 308. The first-order chi connectivity index (χ1) is 6.22. The van der Waals surface area contributed by atoms with Crippen LogP contribution in [0.2, 0.25) is 0 Å². The van der Waals surface area contributed by atoms with Crippen molar-refractivity contribution in [3.05, 3.63) is 29.8 Å². The normalized spacial score (nSPS) is 11.4. The maximum Gasteiger partial charge on any atom is 0.145 e. The zero-order valence-electron chi connectivity index (χ0n) is 7.95. The molecule has 0 fully saturated rings. The topological polar surface area (TPSA) is 47.6 Å². The summed E-state index contributed by atoms with van der Waals surface area (Å²) in [5.74, 6) is 1.33. The first-order valence-electron chi connectivity index (χ1n) is 4.13. The van der Waals surface area contributed by atoms with E-state index in [-0.39, 0.29) is 0 Å². The Morgan fingerprint density at radius 3 is 2.92 bits per heavy atom. The number of ether oxygens (including phenoxy) is 1. The van der Waals surface area contributed by atoms with E-state index in [4.69, 9.17) is 10.5 Å². The number of amidine groups is 1. The smallest absolute Gasteiger partial charge is 0.145 e. The molecule has 3 nitrogen and oxygen atoms in total. The molecule has 0 aliphatic rings. The predicted molar refractivity (Wildman–Crippen MR) is 54.2 cm³/mol. The number of nitrogens with two attached hydrogens (primary N) is 1. The van der Waals surface area contributed by atoms with E-state index in [1.54, 1.807) is 7.05 Å². The Kier molecular flexibility index (Phi) is 3.31. The van der Waals surface area contributed by atoms with Crippen molar-refractivity contribution in [3.63, 3.8) is 0 Å². The van der Waals surface area contributed by atoms with Gasteiger partial charge in [0.1, 0.15) is 18.2 Å². The first-order valence-corrected chi connectivity index (χ1v) is 4.13. The highest BCUT2D eigenvalue weighted by atomic mass is 16.5. The number of nitrogens with zero attached hydrogens (tertiary/aromatic N) is 1. The van der Waals surface area contributed by atoms with Crippen LogP contribution >= 0.6 is 0 Å². The number of rotatable bonds is 3. The van der Waals surface area contributed by atoms with Crippen LogP contribution < -0.4 is 10.5 Å². The molecule has 0 unspecified atom stereocenters. The molecular formula is C10H14N2O. The van der Waals surface area contributed by atoms with Gasteiger partial charge in [-0.2, -0.15) is 0 Å². The van der Waals surface area contributed by atoms with Gasteiger partial charge in [-0.3, -0.25) is 4.99 Å². The number of benzene rings is 1. The predicted octanol–water partition coefficient (Wildman–Crippen LogP) is 1.36. The Hall–Kier alpha value is -1.51. The summed E-state index contributed by atoms with van der Waals surface area (Å²) >= 11 is 0. The largest absolute Gasteiger partial charge is 0.486 e. The average molecular weight is 178 g/mol. The monoisotopic (exact) mass is 178 g/mol. The quantitative estimate of drug-likeness (QED) is 0.561. The maximum atomic E-state index is 5.48. The Morgan fingerprint density at radius 1 is 1.54 bits per heavy atom. The van der Waals surface area contributed by atoms with Crippen molar-refractivity contribution in [2.75, 3.05) is 13.7 Å². The third kappa shape index (κ3) is 3.15. The third-order valence-electron chi connectivity index (χ3n) is 1.66. The Morgan fingerprint density at radius 2 is 2.31 bits per heavy atom. The van der Waals surface area contributed by atoms with Gasteiger partial charge >= 0.3 is 0 Å². The van der Waals surface area contributed by atoms with Crippen molar-refractivity contribution in [2.24, 2.45) is 10.7 Å². The molecule has 1 aromatic rings. The highest BCUT2D eigenvalue weighted by molar-refractivity contribution is 5.81. The van der Waals surface area contributed by atoms with Gasteiger partial charge in [0.2, 0.25) is 0 Å². The van der Waals surface area contributed by atoms with Crippen molar-refractivity contribution in [2.45, 2.75) is 6.92 Å². The standard InChI is InChI=1S/C10H14N2O/c1-8-4-3-5-9(6-8)13-7-10(11)12-2/h3-6H,7H2,1-2H3,(H2,11,12). The summed E-state index contributed by atoms with van der Waals surface area (Å²) < 4.78 is 5.38. The van der Waals surface area contributed by atoms with Gasteiger partial charge < -0.3 is 10.5 Å². The van der Waals surface area contributed by atoms with Crippen LogP contribution in [0.5, 0.6) is 5.75 Å². The third-order valence-corrected chi connectivity index (χ3v) is 1.66. The second-order valence-corrected chi connectivity index (χ2v) is 2.82. The Balaban J connectivity index is 2.55. The molecule has 0 aliphatic heterocycles. The van der Waals surface area contributed by atoms with Crippen LogP contribution in [0.1, 0.15) is 5.56 Å². The molecule has 0 aliphatic carbocycles. The molecule has 0 heterocycles. The molecular weight excluding hydrogens is 164 g/mol. The van der Waals surface area contributed by atoms with Crippen molar-refractivity contribution in [1.82, 2.24) is 0 Å². The van der Waals surface area contributed by atoms with Gasteiger partial charge in [-0.25, -0.2) is 0 Å². The molecule has 1 rings (SSSR count). The van der Waals surface area contributed by atoms with Gasteiger partial charge in [-0.1, -0.05) is 12.1 Å². The lowest BCUT2D eigenvalue weighted by Gasteiger charge is -2.05. The molecule has 0 spiro atoms. The summed E-state index contributed by atoms with van der Waals surface area (Å²) in [5, 5.41) is 0. The molecule has 0 radical (unpaired) electrons. The Labute approximate surface area is 78.2 Å². The summed E-state index contributed by atoms with van der Waals surface area (Å²) in [7, 11) is 1.65. The van der Waals surface area contributed by atoms with Crippen LogP contribution in [0.4, 0.5) is 0 Å². The SMILES string of the molecule is CN=C(N)COc1cccc(C)c1. The van der Waals surface area contributed by atoms with Gasteiger partial charge in [0.15, 0.2) is 0 Å². The fourth-order valence-electron chi connectivity index (χ4n) is 0.927. The lowest BCUT2D eigenvalue weighted by Crippen LogP contribution is -2.20. The molecule has 0 bridgehead atoms. The number of hydrogen-bond acceptors (Lipinski definition) is 2. The van der Waals surface area contributed by atoms with Crippen molar-refractivity contribution in [1.29, 1.82) is 0 Å². The second kappa shape index (κ2) is 4.50. The zero-order valence-corrected chi connectivity index (χ0v) is 7.95. The molecule has 2 N–H and O–H groups in total. The first kappa shape index (κ1) is 9.58. The summed E-state index contributed by atoms with van der Waals surface area (Å²) in [4.78, 5) is 3.80. The molecule has 0 amide bonds. The summed E-state index contributed by atoms with van der Waals surface area (Å²) in [6.07, 6.45) is 0. The fraction of sp³-hybridized carbons (Fsp3) is 0.300. The summed E-state index contributed by atoms with van der Waals surface area (Å²) in [6, 6.07) is 7.83. The molecule has 70 valence electrons. The number of aryl methyl sites for hydroxylation is 1. The maximum absolute atomic E-state index is 5.48. The highest BCUT2D eigenvalue weighted by Crippen LogP contribution is 2.11. The van der Waals surface area contributed by atoms with Crippen LogP contribution in [0.25, 0.3) is 0 Å². The van der Waals surface area contributed by atoms with Gasteiger partial charge in [0.05, 0.1) is 0 Å². The van der Waals surface area contributed by atoms with Crippen LogP contribution in [0.3, 0.4) is 0 Å². The van der Waals surface area contributed by atoms with Crippen LogP contribution in [0, 0.1) is 6.92 Å². The van der Waals surface area contributed by atoms with E-state index in [0.29, 0.717) is 12.4 Å². The molecule has 0 saturated carbocycles. The van der Waals surface area contributed by atoms with E-state index < -0.39 is 0 Å². The second-order valence-electron chi connectivity index (χ2n) is 2.82. The molecule has 0 atom stereocenters. The van der Waals surface area contributed by atoms with Gasteiger partial charge in [0.25, 0.3) is 0 Å². The zero-order chi connectivity index (χ0) is 9.68. The van der Waals surface area contributed by atoms with E-state index in [9.17, 15) is 0 Å². The molecule has 0 saturated heterocycles. The number of aliphatic imine (C=N–C) groups is 1. The van der Waals surface area contributed by atoms with Crippen LogP contribution in [-0.2, 0) is 0 Å². The number of hydrogen-bond donors (Lipinski definition) is 1. The van der Waals surface area contributed by atoms with E-state index in [2.05, 4.69) is 4.99 Å². The lowest BCUT2D eigenvalue weighted by molar-refractivity contribution is 0.375. The molecule has 1 aromatic carbocycles. The van der Waals surface area contributed by atoms with Gasteiger partial charge in [-0.05, 0) is 24.6 Å². The van der Waals surface area contributed by atoms with Gasteiger partial charge in [0, 0.05) is 7.05 Å². The summed E-state index contributed by atoms with van der Waals surface area (Å²) in [6.45, 7) is 2.37. The molecule has 13 heavy (non-hydrogen) atoms. The van der Waals surface area contributed by atoms with Crippen LogP contribution in [-0.4, -0.2) is 19.5 Å². The minimum atomic E-state index is 0.347. The van der Waals surface area contributed by atoms with E-state index in [1.807, 2.05) is 31.2 Å². The molecule has 3 heteroatoms. The van der Waals surface area contributed by atoms with E-state index in [0.717, 1.165) is 5.75 Å². The van der Waals surface area contributed by atoms with E-state index in [1.165, 1.54) is 5.56 Å². The lowest BCUT2D eigenvalue weighted by atomic mass is 10.2. The minimum absolute atomic E-state index is 0.347. The summed E-state index contributed by atoms with van der Waals surface area (Å²) in [5.41, 5.74) is 6.65. The minimum Gasteiger partial charge on any atom is -0.486 e. The van der Waals surface area contributed by atoms with E-state index >= 15 is 0 Å². The fourth-order valence-corrected chi connectivity index (χ4v) is 0.927. The van der Waals surface area contributed by atoms with Crippen molar-refractivity contribution in [3.8, 4) is 5.75 Å².